The van der Waals surface area contributed by atoms with Crippen LogP contribution in [0.25, 0.3) is 0 Å². The number of carbonyl (C=O) groups excluding carboxylic acids is 1. The molecular weight excluding hydrogens is 212 g/mol. The fourth-order valence-electron chi connectivity index (χ4n) is 3.15. The third-order valence-electron chi connectivity index (χ3n) is 4.12. The molecule has 0 N–H and O–H groups in total. The summed E-state index contributed by atoms with van der Waals surface area (Å²) in [6, 6.07) is 0.839. The van der Waals surface area contributed by atoms with Crippen LogP contribution < -0.4 is 0 Å². The molecule has 3 heteroatoms. The number of hydrogen-bond donors (Lipinski definition) is 0. The highest BCUT2D eigenvalue weighted by atomic mass is 16.2. The fraction of sp³-hybridized carbons (Fsp3) is 0.929. The van der Waals surface area contributed by atoms with Gasteiger partial charge in [0.15, 0.2) is 0 Å². The van der Waals surface area contributed by atoms with Crippen LogP contribution in [-0.4, -0.2) is 41.5 Å². The van der Waals surface area contributed by atoms with E-state index in [9.17, 15) is 4.79 Å². The van der Waals surface area contributed by atoms with Crippen LogP contribution >= 0.6 is 0 Å². The summed E-state index contributed by atoms with van der Waals surface area (Å²) in [6.07, 6.45) is 9.76. The number of nitrogens with zero attached hydrogens (tertiary/aromatic N) is 2. The van der Waals surface area contributed by atoms with E-state index in [4.69, 9.17) is 0 Å². The van der Waals surface area contributed by atoms with Gasteiger partial charge in [0.1, 0.15) is 0 Å². The molecule has 2 aliphatic heterocycles. The van der Waals surface area contributed by atoms with Crippen LogP contribution in [0.2, 0.25) is 0 Å². The summed E-state index contributed by atoms with van der Waals surface area (Å²) in [5.41, 5.74) is 0. The Morgan fingerprint density at radius 1 is 1.06 bits per heavy atom. The zero-order valence-corrected chi connectivity index (χ0v) is 11.2. The van der Waals surface area contributed by atoms with Crippen LogP contribution in [0.3, 0.4) is 0 Å². The minimum atomic E-state index is 0.322. The summed E-state index contributed by atoms with van der Waals surface area (Å²) >= 11 is 0. The molecule has 2 heterocycles. The van der Waals surface area contributed by atoms with E-state index in [0.29, 0.717) is 12.1 Å². The average Bonchev–Trinajstić information content (AvgIpc) is 2.40. The summed E-state index contributed by atoms with van der Waals surface area (Å²) in [4.78, 5) is 16.7. The van der Waals surface area contributed by atoms with Gasteiger partial charge in [-0.15, -0.1) is 0 Å². The van der Waals surface area contributed by atoms with E-state index in [-0.39, 0.29) is 0 Å². The summed E-state index contributed by atoms with van der Waals surface area (Å²) < 4.78 is 0. The molecule has 2 fully saturated rings. The van der Waals surface area contributed by atoms with Crippen LogP contribution in [0.4, 0.5) is 4.79 Å². The first-order valence-corrected chi connectivity index (χ1v) is 7.38. The molecule has 0 bridgehead atoms. The van der Waals surface area contributed by atoms with Gasteiger partial charge in [-0.25, -0.2) is 4.79 Å². The molecule has 2 aliphatic rings. The largest absolute Gasteiger partial charge is 0.325 e. The zero-order chi connectivity index (χ0) is 12.1. The Kier molecular flexibility index (Phi) is 4.69. The van der Waals surface area contributed by atoms with Gasteiger partial charge in [0.25, 0.3) is 0 Å². The van der Waals surface area contributed by atoms with Crippen molar-refractivity contribution < 1.29 is 4.79 Å². The second kappa shape index (κ2) is 6.27. The van der Waals surface area contributed by atoms with Crippen LogP contribution in [0.1, 0.15) is 58.3 Å². The molecule has 0 aliphatic carbocycles. The van der Waals surface area contributed by atoms with E-state index in [1.165, 1.54) is 51.4 Å². The Bertz CT molecular complexity index is 247. The van der Waals surface area contributed by atoms with Crippen molar-refractivity contribution in [2.45, 2.75) is 64.3 Å². The molecule has 0 aromatic heterocycles. The highest BCUT2D eigenvalue weighted by Gasteiger charge is 2.29. The van der Waals surface area contributed by atoms with E-state index < -0.39 is 0 Å². The monoisotopic (exact) mass is 238 g/mol. The van der Waals surface area contributed by atoms with Gasteiger partial charge in [-0.1, -0.05) is 13.3 Å². The summed E-state index contributed by atoms with van der Waals surface area (Å²) in [5, 5.41) is 0. The first-order chi connectivity index (χ1) is 8.33. The predicted molar refractivity (Wildman–Crippen MR) is 70.1 cm³/mol. The van der Waals surface area contributed by atoms with Gasteiger partial charge in [0.05, 0.1) is 0 Å². The van der Waals surface area contributed by atoms with Crippen LogP contribution in [0.15, 0.2) is 0 Å². The molecule has 2 saturated heterocycles. The molecule has 17 heavy (non-hydrogen) atoms. The van der Waals surface area contributed by atoms with E-state index in [2.05, 4.69) is 16.7 Å². The third kappa shape index (κ3) is 3.14. The summed E-state index contributed by atoms with van der Waals surface area (Å²) in [6.45, 7) is 5.17. The smallest absolute Gasteiger partial charge is 0.320 e. The summed E-state index contributed by atoms with van der Waals surface area (Å²) in [5.74, 6) is 0. The Labute approximate surface area is 105 Å². The predicted octanol–water partition coefficient (Wildman–Crippen LogP) is 3.25. The Morgan fingerprint density at radius 2 is 1.76 bits per heavy atom. The first-order valence-electron chi connectivity index (χ1n) is 7.38. The molecule has 0 spiro atoms. The number of likely N-dealkylation sites (tertiary alicyclic amines) is 2. The number of urea groups is 1. The summed E-state index contributed by atoms with van der Waals surface area (Å²) in [7, 11) is 0. The molecule has 98 valence electrons. The van der Waals surface area contributed by atoms with Crippen molar-refractivity contribution in [3.8, 4) is 0 Å². The highest BCUT2D eigenvalue weighted by Crippen LogP contribution is 2.23. The van der Waals surface area contributed by atoms with Gasteiger partial charge in [0.2, 0.25) is 0 Å². The van der Waals surface area contributed by atoms with Crippen molar-refractivity contribution in [1.82, 2.24) is 9.80 Å². The lowest BCUT2D eigenvalue weighted by Gasteiger charge is -2.40. The van der Waals surface area contributed by atoms with Crippen molar-refractivity contribution in [2.75, 3.05) is 19.6 Å². The molecule has 1 atom stereocenters. The molecule has 0 radical (unpaired) electrons. The normalized spacial score (nSPS) is 26.1. The van der Waals surface area contributed by atoms with Gasteiger partial charge in [-0.05, 0) is 44.9 Å². The van der Waals surface area contributed by atoms with Crippen LogP contribution in [0.5, 0.6) is 0 Å². The lowest BCUT2D eigenvalue weighted by Crippen LogP contribution is -2.51. The number of hydrogen-bond acceptors (Lipinski definition) is 1. The maximum atomic E-state index is 12.5. The van der Waals surface area contributed by atoms with Gasteiger partial charge >= 0.3 is 6.03 Å². The lowest BCUT2D eigenvalue weighted by molar-refractivity contribution is 0.105. The average molecular weight is 238 g/mol. The van der Waals surface area contributed by atoms with Crippen molar-refractivity contribution in [2.24, 2.45) is 0 Å². The molecule has 1 unspecified atom stereocenters. The second-order valence-electron chi connectivity index (χ2n) is 5.46. The van der Waals surface area contributed by atoms with Gasteiger partial charge < -0.3 is 9.80 Å². The maximum Gasteiger partial charge on any atom is 0.320 e. The van der Waals surface area contributed by atoms with E-state index in [1.54, 1.807) is 0 Å². The Morgan fingerprint density at radius 3 is 2.47 bits per heavy atom. The number of piperidine rings is 2. The van der Waals surface area contributed by atoms with Gasteiger partial charge in [0, 0.05) is 25.7 Å². The van der Waals surface area contributed by atoms with E-state index in [0.717, 1.165) is 19.6 Å². The Hall–Kier alpha value is -0.730. The molecule has 0 saturated carbocycles. The number of carbonyl (C=O) groups is 1. The fourth-order valence-corrected chi connectivity index (χ4v) is 3.15. The van der Waals surface area contributed by atoms with E-state index in [1.807, 2.05) is 0 Å². The topological polar surface area (TPSA) is 23.6 Å². The second-order valence-corrected chi connectivity index (χ2v) is 5.46. The standard InChI is InChI=1S/C14H26N2O/c1-2-8-13-9-4-7-12-16(13)14(17)15-10-5-3-6-11-15/h13H,2-12H2,1H3. The number of amides is 2. The third-order valence-corrected chi connectivity index (χ3v) is 4.12. The molecule has 2 amide bonds. The molecule has 2 rings (SSSR count). The van der Waals surface area contributed by atoms with Crippen molar-refractivity contribution >= 4 is 6.03 Å². The SMILES string of the molecule is CCCC1CCCCN1C(=O)N1CCCCC1. The number of rotatable bonds is 2. The minimum Gasteiger partial charge on any atom is -0.325 e. The minimum absolute atomic E-state index is 0.322. The van der Waals surface area contributed by atoms with Crippen molar-refractivity contribution in [3.63, 3.8) is 0 Å². The molecule has 0 aromatic rings. The molecule has 3 nitrogen and oxygen atoms in total. The van der Waals surface area contributed by atoms with Gasteiger partial charge in [-0.2, -0.15) is 0 Å². The molecular formula is C14H26N2O. The van der Waals surface area contributed by atoms with E-state index >= 15 is 0 Å². The van der Waals surface area contributed by atoms with Gasteiger partial charge in [-0.3, -0.25) is 0 Å². The van der Waals surface area contributed by atoms with Crippen molar-refractivity contribution in [3.05, 3.63) is 0 Å². The van der Waals surface area contributed by atoms with Crippen LogP contribution in [0, 0.1) is 0 Å². The maximum absolute atomic E-state index is 12.5. The Balaban J connectivity index is 1.94. The molecule has 0 aromatic carbocycles. The quantitative estimate of drug-likeness (QED) is 0.724. The lowest BCUT2D eigenvalue weighted by atomic mass is 9.98. The van der Waals surface area contributed by atoms with Crippen molar-refractivity contribution in [1.29, 1.82) is 0 Å². The first kappa shape index (κ1) is 12.7. The van der Waals surface area contributed by atoms with Crippen LogP contribution in [-0.2, 0) is 0 Å². The zero-order valence-electron chi connectivity index (χ0n) is 11.2. The highest BCUT2D eigenvalue weighted by molar-refractivity contribution is 5.75.